The first kappa shape index (κ1) is 18.9. The maximum atomic E-state index is 11.9. The van der Waals surface area contributed by atoms with Gasteiger partial charge in [-0.3, -0.25) is 9.89 Å². The molecule has 3 rings (SSSR count). The van der Waals surface area contributed by atoms with Gasteiger partial charge in [0.25, 0.3) is 0 Å². The minimum Gasteiger partial charge on any atom is -0.464 e. The SMILES string of the molecule is CCOC(=O)C1(Cl)C=CC(N[C@@H]2CCCN(Cc3ccccc3)C2)=NC1. The van der Waals surface area contributed by atoms with Gasteiger partial charge in [0.05, 0.1) is 13.2 Å². The molecule has 1 fully saturated rings. The van der Waals surface area contributed by atoms with Crippen LogP contribution in [0.15, 0.2) is 47.5 Å². The van der Waals surface area contributed by atoms with Gasteiger partial charge in [-0.1, -0.05) is 41.9 Å². The lowest BCUT2D eigenvalue weighted by atomic mass is 10.0. The van der Waals surface area contributed by atoms with Crippen molar-refractivity contribution in [1.29, 1.82) is 0 Å². The van der Waals surface area contributed by atoms with Crippen molar-refractivity contribution in [3.05, 3.63) is 48.0 Å². The predicted octanol–water partition coefficient (Wildman–Crippen LogP) is 2.75. The van der Waals surface area contributed by atoms with Gasteiger partial charge in [0.15, 0.2) is 4.87 Å². The number of aliphatic imine (C=N–C) groups is 1. The molecule has 1 aromatic carbocycles. The van der Waals surface area contributed by atoms with E-state index in [0.717, 1.165) is 38.3 Å². The molecule has 2 atom stereocenters. The summed E-state index contributed by atoms with van der Waals surface area (Å²) in [6, 6.07) is 10.9. The van der Waals surface area contributed by atoms with Crippen molar-refractivity contribution in [2.75, 3.05) is 26.2 Å². The van der Waals surface area contributed by atoms with Crippen molar-refractivity contribution in [2.24, 2.45) is 4.99 Å². The molecule has 0 amide bonds. The summed E-state index contributed by atoms with van der Waals surface area (Å²) in [6.45, 7) is 5.34. The molecule has 6 heteroatoms. The minimum atomic E-state index is -1.17. The summed E-state index contributed by atoms with van der Waals surface area (Å²) in [6.07, 6.45) is 5.75. The Morgan fingerprint density at radius 3 is 2.92 bits per heavy atom. The first-order valence-corrected chi connectivity index (χ1v) is 9.59. The Bertz CT molecular complexity index is 677. The van der Waals surface area contributed by atoms with Gasteiger partial charge in [0.1, 0.15) is 5.84 Å². The number of esters is 1. The number of amidine groups is 1. The molecule has 1 aromatic rings. The smallest absolute Gasteiger partial charge is 0.333 e. The third kappa shape index (κ3) is 4.86. The van der Waals surface area contributed by atoms with Crippen molar-refractivity contribution >= 4 is 23.4 Å². The first-order valence-electron chi connectivity index (χ1n) is 9.22. The second-order valence-electron chi connectivity index (χ2n) is 6.82. The Labute approximate surface area is 160 Å². The van der Waals surface area contributed by atoms with Gasteiger partial charge in [0.2, 0.25) is 0 Å². The number of rotatable bonds is 5. The van der Waals surface area contributed by atoms with Crippen molar-refractivity contribution < 1.29 is 9.53 Å². The minimum absolute atomic E-state index is 0.201. The van der Waals surface area contributed by atoms with E-state index in [1.54, 1.807) is 19.1 Å². The maximum Gasteiger partial charge on any atom is 0.333 e. The second kappa shape index (κ2) is 8.69. The molecule has 2 aliphatic rings. The van der Waals surface area contributed by atoms with Crippen LogP contribution in [-0.4, -0.2) is 53.9 Å². The van der Waals surface area contributed by atoms with Gasteiger partial charge in [-0.2, -0.15) is 0 Å². The second-order valence-corrected chi connectivity index (χ2v) is 7.50. The Kier molecular flexibility index (Phi) is 6.33. The number of ether oxygens (including phenoxy) is 1. The standard InChI is InChI=1S/C20H26ClN3O2/c1-2-26-19(25)20(21)11-10-18(22-15-20)23-17-9-6-12-24(14-17)13-16-7-4-3-5-8-16/h3-5,7-8,10-11,17H,2,6,9,12-15H2,1H3,(H,22,23)/t17-,20?/m1/s1. The topological polar surface area (TPSA) is 53.9 Å². The molecule has 140 valence electrons. The van der Waals surface area contributed by atoms with E-state index in [1.807, 2.05) is 6.07 Å². The number of benzene rings is 1. The van der Waals surface area contributed by atoms with Crippen LogP contribution in [0.2, 0.25) is 0 Å². The number of carbonyl (C=O) groups is 1. The normalized spacial score (nSPS) is 26.2. The number of hydrogen-bond acceptors (Lipinski definition) is 5. The van der Waals surface area contributed by atoms with Crippen LogP contribution in [0.1, 0.15) is 25.3 Å². The molecular weight excluding hydrogens is 350 g/mol. The average Bonchev–Trinajstić information content (AvgIpc) is 2.65. The monoisotopic (exact) mass is 375 g/mol. The average molecular weight is 376 g/mol. The summed E-state index contributed by atoms with van der Waals surface area (Å²) < 4.78 is 5.02. The molecule has 5 nitrogen and oxygen atoms in total. The summed E-state index contributed by atoms with van der Waals surface area (Å²) in [5.74, 6) is 0.351. The van der Waals surface area contributed by atoms with Crippen LogP contribution in [0.3, 0.4) is 0 Å². The van der Waals surface area contributed by atoms with Gasteiger partial charge >= 0.3 is 5.97 Å². The van der Waals surface area contributed by atoms with Crippen molar-refractivity contribution in [3.8, 4) is 0 Å². The zero-order valence-corrected chi connectivity index (χ0v) is 15.9. The molecule has 26 heavy (non-hydrogen) atoms. The molecule has 0 radical (unpaired) electrons. The van der Waals surface area contributed by atoms with Crippen LogP contribution in [0.25, 0.3) is 0 Å². The number of hydrogen-bond donors (Lipinski definition) is 1. The highest BCUT2D eigenvalue weighted by atomic mass is 35.5. The summed E-state index contributed by atoms with van der Waals surface area (Å²) in [4.78, 5) is 17.7. The highest BCUT2D eigenvalue weighted by Gasteiger charge is 2.37. The van der Waals surface area contributed by atoms with E-state index in [4.69, 9.17) is 16.3 Å². The van der Waals surface area contributed by atoms with Crippen molar-refractivity contribution in [2.45, 2.75) is 37.2 Å². The fourth-order valence-electron chi connectivity index (χ4n) is 3.36. The van der Waals surface area contributed by atoms with Crippen LogP contribution in [-0.2, 0) is 16.1 Å². The van der Waals surface area contributed by atoms with Crippen LogP contribution in [0, 0.1) is 0 Å². The summed E-state index contributed by atoms with van der Waals surface area (Å²) in [5, 5.41) is 3.49. The lowest BCUT2D eigenvalue weighted by Crippen LogP contribution is -2.48. The van der Waals surface area contributed by atoms with E-state index < -0.39 is 10.8 Å². The van der Waals surface area contributed by atoms with Gasteiger partial charge < -0.3 is 10.1 Å². The predicted molar refractivity (Wildman–Crippen MR) is 105 cm³/mol. The molecule has 0 bridgehead atoms. The summed E-state index contributed by atoms with van der Waals surface area (Å²) >= 11 is 6.32. The first-order chi connectivity index (χ1) is 12.6. The number of piperidine rings is 1. The third-order valence-corrected chi connectivity index (χ3v) is 5.11. The highest BCUT2D eigenvalue weighted by molar-refractivity contribution is 6.36. The fraction of sp³-hybridized carbons (Fsp3) is 0.500. The van der Waals surface area contributed by atoms with Crippen LogP contribution in [0.4, 0.5) is 0 Å². The molecule has 0 aromatic heterocycles. The van der Waals surface area contributed by atoms with E-state index in [-0.39, 0.29) is 6.54 Å². The van der Waals surface area contributed by atoms with Gasteiger partial charge in [-0.25, -0.2) is 4.79 Å². The number of halogens is 1. The van der Waals surface area contributed by atoms with Crippen molar-refractivity contribution in [3.63, 3.8) is 0 Å². The molecule has 0 aliphatic carbocycles. The molecule has 2 heterocycles. The molecule has 1 N–H and O–H groups in total. The van der Waals surface area contributed by atoms with Gasteiger partial charge in [0, 0.05) is 19.1 Å². The fourth-order valence-corrected chi connectivity index (χ4v) is 3.54. The van der Waals surface area contributed by atoms with Crippen LogP contribution in [0.5, 0.6) is 0 Å². The number of nitrogens with one attached hydrogen (secondary N) is 1. The summed E-state index contributed by atoms with van der Waals surface area (Å²) in [7, 11) is 0. The Hall–Kier alpha value is -1.85. The lowest BCUT2D eigenvalue weighted by Gasteiger charge is -2.34. The zero-order valence-electron chi connectivity index (χ0n) is 15.2. The number of carbonyl (C=O) groups excluding carboxylic acids is 1. The molecule has 1 unspecified atom stereocenters. The van der Waals surface area contributed by atoms with Crippen LogP contribution < -0.4 is 5.32 Å². The molecular formula is C20H26ClN3O2. The number of dihydropyridines is 1. The van der Waals surface area contributed by atoms with E-state index in [2.05, 4.69) is 39.5 Å². The Morgan fingerprint density at radius 1 is 1.42 bits per heavy atom. The molecule has 1 saturated heterocycles. The molecule has 0 saturated carbocycles. The van der Waals surface area contributed by atoms with Gasteiger partial charge in [-0.15, -0.1) is 0 Å². The van der Waals surface area contributed by atoms with Gasteiger partial charge in [-0.05, 0) is 44.0 Å². The quantitative estimate of drug-likeness (QED) is 0.635. The summed E-state index contributed by atoms with van der Waals surface area (Å²) in [5.41, 5.74) is 1.34. The lowest BCUT2D eigenvalue weighted by molar-refractivity contribution is -0.144. The Morgan fingerprint density at radius 2 is 2.23 bits per heavy atom. The number of nitrogens with zero attached hydrogens (tertiary/aromatic N) is 2. The molecule has 0 spiro atoms. The number of likely N-dealkylation sites (tertiary alicyclic amines) is 1. The Balaban J connectivity index is 1.52. The van der Waals surface area contributed by atoms with E-state index in [1.165, 1.54) is 5.56 Å². The highest BCUT2D eigenvalue weighted by Crippen LogP contribution is 2.23. The maximum absolute atomic E-state index is 11.9. The van der Waals surface area contributed by atoms with E-state index in [0.29, 0.717) is 12.6 Å². The van der Waals surface area contributed by atoms with Crippen molar-refractivity contribution in [1.82, 2.24) is 10.2 Å². The number of alkyl halides is 1. The molecule has 2 aliphatic heterocycles. The largest absolute Gasteiger partial charge is 0.464 e. The van der Waals surface area contributed by atoms with E-state index >= 15 is 0 Å². The van der Waals surface area contributed by atoms with Crippen LogP contribution >= 0.6 is 11.6 Å². The zero-order chi connectivity index (χ0) is 18.4. The third-order valence-electron chi connectivity index (χ3n) is 4.71. The van der Waals surface area contributed by atoms with E-state index in [9.17, 15) is 4.79 Å².